The van der Waals surface area contributed by atoms with E-state index < -0.39 is 5.91 Å². The van der Waals surface area contributed by atoms with Gasteiger partial charge in [-0.05, 0) is 36.5 Å². The number of carbonyl (C=O) groups is 1. The first-order valence-electron chi connectivity index (χ1n) is 8.24. The van der Waals surface area contributed by atoms with Gasteiger partial charge < -0.3 is 15.4 Å². The van der Waals surface area contributed by atoms with Gasteiger partial charge in [-0.3, -0.25) is 4.79 Å². The van der Waals surface area contributed by atoms with Crippen LogP contribution in [-0.4, -0.2) is 27.7 Å². The smallest absolute Gasteiger partial charge is 0.280 e. The molecule has 27 heavy (non-hydrogen) atoms. The predicted octanol–water partition coefficient (Wildman–Crippen LogP) is 4.45. The first kappa shape index (κ1) is 17.0. The van der Waals surface area contributed by atoms with E-state index in [2.05, 4.69) is 33.1 Å². The number of rotatable bonds is 5. The maximum atomic E-state index is 11.7. The van der Waals surface area contributed by atoms with Crippen molar-refractivity contribution < 1.29 is 9.90 Å². The number of aromatic hydroxyl groups is 1. The summed E-state index contributed by atoms with van der Waals surface area (Å²) in [7, 11) is 0. The molecule has 2 aromatic heterocycles. The van der Waals surface area contributed by atoms with Gasteiger partial charge in [0.2, 0.25) is 0 Å². The number of aromatic nitrogens is 2. The van der Waals surface area contributed by atoms with Crippen molar-refractivity contribution in [3.05, 3.63) is 65.2 Å². The zero-order chi connectivity index (χ0) is 18.8. The molecule has 2 heterocycles. The van der Waals surface area contributed by atoms with Crippen LogP contribution in [-0.2, 0) is 6.54 Å². The average Bonchev–Trinajstić information content (AvgIpc) is 3.33. The van der Waals surface area contributed by atoms with Gasteiger partial charge in [0.25, 0.3) is 5.91 Å². The molecule has 7 heteroatoms. The van der Waals surface area contributed by atoms with E-state index >= 15 is 0 Å². The summed E-state index contributed by atoms with van der Waals surface area (Å²) < 4.78 is 0. The maximum absolute atomic E-state index is 11.7. The van der Waals surface area contributed by atoms with E-state index in [1.165, 1.54) is 22.8 Å². The third-order valence-corrected chi connectivity index (χ3v) is 5.08. The second kappa shape index (κ2) is 7.05. The van der Waals surface area contributed by atoms with E-state index in [4.69, 9.17) is 0 Å². The highest BCUT2D eigenvalue weighted by molar-refractivity contribution is 7.14. The molecule has 0 radical (unpaired) electrons. The van der Waals surface area contributed by atoms with Crippen molar-refractivity contribution in [1.29, 1.82) is 0 Å². The Hall–Kier alpha value is -3.45. The number of phenols is 1. The molecule has 4 aromatic rings. The van der Waals surface area contributed by atoms with Gasteiger partial charge in [-0.1, -0.05) is 18.2 Å². The molecule has 0 fully saturated rings. The lowest BCUT2D eigenvalue weighted by Gasteiger charge is -2.03. The first-order chi connectivity index (χ1) is 13.2. The molecule has 0 saturated heterocycles. The molecule has 2 aromatic carbocycles. The molecule has 6 nitrogen and oxygen atoms in total. The Kier molecular flexibility index (Phi) is 4.43. The molecular formula is C20H16N4O2S. The van der Waals surface area contributed by atoms with Crippen molar-refractivity contribution in [2.75, 3.05) is 5.32 Å². The number of aliphatic imine (C=N–C) groups is 1. The van der Waals surface area contributed by atoms with Gasteiger partial charge in [0, 0.05) is 34.6 Å². The number of anilines is 1. The van der Waals surface area contributed by atoms with Crippen LogP contribution in [0.1, 0.15) is 15.9 Å². The van der Waals surface area contributed by atoms with E-state index in [-0.39, 0.29) is 11.3 Å². The van der Waals surface area contributed by atoms with Crippen molar-refractivity contribution in [3.8, 4) is 17.0 Å². The van der Waals surface area contributed by atoms with Crippen LogP contribution >= 0.6 is 11.3 Å². The van der Waals surface area contributed by atoms with Crippen molar-refractivity contribution in [2.45, 2.75) is 6.54 Å². The highest BCUT2D eigenvalue weighted by atomic mass is 32.1. The summed E-state index contributed by atoms with van der Waals surface area (Å²) in [5.41, 5.74) is 3.84. The minimum Gasteiger partial charge on any atom is -0.507 e. The monoisotopic (exact) mass is 376 g/mol. The minimum atomic E-state index is -0.567. The zero-order valence-electron chi connectivity index (χ0n) is 14.3. The Bertz CT molecular complexity index is 1150. The third-order valence-electron chi connectivity index (χ3n) is 4.28. The van der Waals surface area contributed by atoms with Crippen molar-refractivity contribution in [3.63, 3.8) is 0 Å². The largest absolute Gasteiger partial charge is 0.507 e. The fourth-order valence-corrected chi connectivity index (χ4v) is 3.61. The van der Waals surface area contributed by atoms with Gasteiger partial charge in [0.05, 0.1) is 11.3 Å². The molecule has 0 bridgehead atoms. The summed E-state index contributed by atoms with van der Waals surface area (Å²) in [6.07, 6.45) is 1.99. The molecule has 0 unspecified atom stereocenters. The molecule has 0 aliphatic carbocycles. The van der Waals surface area contributed by atoms with Crippen LogP contribution < -0.4 is 5.32 Å². The number of carbonyl (C=O) groups excluding carboxylic acids is 1. The molecule has 1 amide bonds. The van der Waals surface area contributed by atoms with Crippen LogP contribution in [0.25, 0.3) is 22.2 Å². The van der Waals surface area contributed by atoms with E-state index in [0.717, 1.165) is 27.5 Å². The number of hydrogen-bond donors (Lipinski definition) is 3. The molecule has 0 aliphatic heterocycles. The Morgan fingerprint density at radius 3 is 3.00 bits per heavy atom. The van der Waals surface area contributed by atoms with Crippen LogP contribution in [0, 0.1) is 0 Å². The highest BCUT2D eigenvalue weighted by Crippen LogP contribution is 2.29. The number of nitrogens with zero attached hydrogens (tertiary/aromatic N) is 2. The number of H-pyrrole nitrogens is 1. The lowest BCUT2D eigenvalue weighted by Crippen LogP contribution is -1.98. The van der Waals surface area contributed by atoms with Gasteiger partial charge in [0.1, 0.15) is 5.75 Å². The van der Waals surface area contributed by atoms with Crippen LogP contribution in [0.4, 0.5) is 5.13 Å². The Labute approximate surface area is 159 Å². The summed E-state index contributed by atoms with van der Waals surface area (Å²) >= 11 is 1.48. The molecule has 0 spiro atoms. The lowest BCUT2D eigenvalue weighted by atomic mass is 10.1. The number of thiazole rings is 1. The number of hydrogen-bond acceptors (Lipinski definition) is 5. The van der Waals surface area contributed by atoms with E-state index in [0.29, 0.717) is 6.54 Å². The fraction of sp³-hybridized carbons (Fsp3) is 0.0500. The number of para-hydroxylation sites is 1. The molecule has 4 rings (SSSR count). The van der Waals surface area contributed by atoms with E-state index in [1.54, 1.807) is 12.1 Å². The van der Waals surface area contributed by atoms with Gasteiger partial charge in [-0.2, -0.15) is 0 Å². The Morgan fingerprint density at radius 1 is 1.30 bits per heavy atom. The number of phenolic OH excluding ortho intramolecular Hbond substituents is 1. The van der Waals surface area contributed by atoms with Crippen LogP contribution in [0.2, 0.25) is 0 Å². The van der Waals surface area contributed by atoms with Crippen molar-refractivity contribution >= 4 is 40.0 Å². The summed E-state index contributed by atoms with van der Waals surface area (Å²) in [6.45, 7) is 3.87. The maximum Gasteiger partial charge on any atom is 0.280 e. The Balaban J connectivity index is 1.54. The van der Waals surface area contributed by atoms with Gasteiger partial charge in [-0.15, -0.1) is 11.3 Å². The number of benzene rings is 2. The summed E-state index contributed by atoms with van der Waals surface area (Å²) in [5.74, 6) is -0.689. The quantitative estimate of drug-likeness (QED) is 0.449. The second-order valence-corrected chi connectivity index (χ2v) is 6.80. The van der Waals surface area contributed by atoms with Crippen molar-refractivity contribution in [1.82, 2.24) is 9.97 Å². The first-order valence-corrected chi connectivity index (χ1v) is 9.12. The van der Waals surface area contributed by atoms with Crippen LogP contribution in [0.15, 0.2) is 59.0 Å². The zero-order valence-corrected chi connectivity index (χ0v) is 15.1. The number of amides is 1. The van der Waals surface area contributed by atoms with Crippen LogP contribution in [0.5, 0.6) is 5.75 Å². The van der Waals surface area contributed by atoms with Gasteiger partial charge in [-0.25, -0.2) is 9.98 Å². The fourth-order valence-electron chi connectivity index (χ4n) is 2.89. The lowest BCUT2D eigenvalue weighted by molar-refractivity contribution is 0.100. The summed E-state index contributed by atoms with van der Waals surface area (Å²) in [4.78, 5) is 22.9. The molecule has 0 atom stereocenters. The van der Waals surface area contributed by atoms with Gasteiger partial charge >= 0.3 is 0 Å². The molecule has 134 valence electrons. The standard InChI is InChI=1S/C20H16N4O2S/c1-21-19(26)15-8-12(6-7-18(15)25)17-11-27-20(24-17)23-10-13-9-22-16-5-3-2-4-14(13)16/h2-9,11,22,25H,1,10H2,(H,23,24). The Morgan fingerprint density at radius 2 is 2.15 bits per heavy atom. The molecule has 3 N–H and O–H groups in total. The summed E-state index contributed by atoms with van der Waals surface area (Å²) in [5, 5.41) is 17.0. The number of aromatic amines is 1. The van der Waals surface area contributed by atoms with E-state index in [1.807, 2.05) is 29.8 Å². The average molecular weight is 376 g/mol. The minimum absolute atomic E-state index is 0.115. The number of fused-ring (bicyclic) bond motifs is 1. The second-order valence-electron chi connectivity index (χ2n) is 5.95. The summed E-state index contributed by atoms with van der Waals surface area (Å²) in [6, 6.07) is 12.9. The molecule has 0 aliphatic rings. The van der Waals surface area contributed by atoms with Gasteiger partial charge in [0.15, 0.2) is 5.13 Å². The number of nitrogens with one attached hydrogen (secondary N) is 2. The normalized spacial score (nSPS) is 10.8. The molecular weight excluding hydrogens is 360 g/mol. The molecule has 0 saturated carbocycles. The third kappa shape index (κ3) is 3.32. The van der Waals surface area contributed by atoms with Crippen molar-refractivity contribution in [2.24, 2.45) is 4.99 Å². The topological polar surface area (TPSA) is 90.4 Å². The highest BCUT2D eigenvalue weighted by Gasteiger charge is 2.13. The SMILES string of the molecule is C=NC(=O)c1cc(-c2csc(NCc3c[nH]c4ccccc34)n2)ccc1O. The predicted molar refractivity (Wildman–Crippen MR) is 109 cm³/mol. The van der Waals surface area contributed by atoms with Crippen LogP contribution in [0.3, 0.4) is 0 Å². The van der Waals surface area contributed by atoms with E-state index in [9.17, 15) is 9.90 Å².